The summed E-state index contributed by atoms with van der Waals surface area (Å²) in [6.45, 7) is 2.88. The van der Waals surface area contributed by atoms with Gasteiger partial charge in [0, 0.05) is 11.1 Å². The largest absolute Gasteiger partial charge is 0.454 e. The first-order valence-electron chi connectivity index (χ1n) is 7.54. The van der Waals surface area contributed by atoms with Crippen LogP contribution in [0.3, 0.4) is 0 Å². The van der Waals surface area contributed by atoms with Gasteiger partial charge in [0.25, 0.3) is 0 Å². The third kappa shape index (κ3) is 2.80. The van der Waals surface area contributed by atoms with Gasteiger partial charge in [-0.3, -0.25) is 4.79 Å². The Morgan fingerprint density at radius 2 is 1.12 bits per heavy atom. The van der Waals surface area contributed by atoms with Gasteiger partial charge in [0.1, 0.15) is 0 Å². The molecule has 1 heterocycles. The van der Waals surface area contributed by atoms with E-state index in [-0.39, 0.29) is 0 Å². The van der Waals surface area contributed by atoms with Crippen LogP contribution in [0.15, 0.2) is 36.4 Å². The Balaban J connectivity index is 2.33. The van der Waals surface area contributed by atoms with Crippen molar-refractivity contribution < 1.29 is 23.9 Å². The first-order valence-corrected chi connectivity index (χ1v) is 7.54. The third-order valence-electron chi connectivity index (χ3n) is 3.96. The van der Waals surface area contributed by atoms with Crippen LogP contribution in [0, 0.1) is 13.8 Å². The van der Waals surface area contributed by atoms with Crippen molar-refractivity contribution in [2.75, 3.05) is 13.2 Å². The van der Waals surface area contributed by atoms with Gasteiger partial charge in [-0.1, -0.05) is 24.3 Å². The minimum Gasteiger partial charge on any atom is -0.454 e. The van der Waals surface area contributed by atoms with Gasteiger partial charge in [0.15, 0.2) is 13.2 Å². The Labute approximate surface area is 139 Å². The van der Waals surface area contributed by atoms with Crippen molar-refractivity contribution in [2.45, 2.75) is 13.8 Å². The lowest BCUT2D eigenvalue weighted by Gasteiger charge is -2.16. The van der Waals surface area contributed by atoms with Gasteiger partial charge in [-0.2, -0.15) is 0 Å². The van der Waals surface area contributed by atoms with Gasteiger partial charge in [-0.15, -0.1) is 0 Å². The zero-order valence-corrected chi connectivity index (χ0v) is 13.4. The van der Waals surface area contributed by atoms with Crippen molar-refractivity contribution in [3.8, 4) is 11.1 Å². The Bertz CT molecular complexity index is 781. The van der Waals surface area contributed by atoms with Crippen LogP contribution in [0.5, 0.6) is 0 Å². The Kier molecular flexibility index (Phi) is 4.16. The highest BCUT2D eigenvalue weighted by Crippen LogP contribution is 2.34. The van der Waals surface area contributed by atoms with Crippen LogP contribution in [0.4, 0.5) is 0 Å². The highest BCUT2D eigenvalue weighted by molar-refractivity contribution is 6.06. The van der Waals surface area contributed by atoms with Crippen molar-refractivity contribution >= 4 is 17.7 Å². The molecule has 2 aromatic rings. The van der Waals surface area contributed by atoms with Crippen LogP contribution in [0.25, 0.3) is 11.1 Å². The normalized spacial score (nSPS) is 14.8. The average Bonchev–Trinajstić information content (AvgIpc) is 2.58. The predicted molar refractivity (Wildman–Crippen MR) is 86.9 cm³/mol. The molecule has 5 nitrogen and oxygen atoms in total. The van der Waals surface area contributed by atoms with Crippen LogP contribution in [-0.4, -0.2) is 30.9 Å². The first kappa shape index (κ1) is 15.9. The second kappa shape index (κ2) is 6.28. The number of esters is 2. The molecule has 122 valence electrons. The number of cyclic esters (lactones) is 2. The lowest BCUT2D eigenvalue weighted by atomic mass is 9.88. The molecule has 24 heavy (non-hydrogen) atoms. The quantitative estimate of drug-likeness (QED) is 0.697. The van der Waals surface area contributed by atoms with E-state index in [4.69, 9.17) is 9.47 Å². The van der Waals surface area contributed by atoms with E-state index in [0.717, 1.165) is 11.1 Å². The van der Waals surface area contributed by atoms with Gasteiger partial charge in [0.05, 0.1) is 11.1 Å². The molecule has 0 unspecified atom stereocenters. The molecule has 2 aromatic carbocycles. The van der Waals surface area contributed by atoms with Crippen molar-refractivity contribution in [1.82, 2.24) is 0 Å². The summed E-state index contributed by atoms with van der Waals surface area (Å²) in [7, 11) is 0. The van der Waals surface area contributed by atoms with Crippen molar-refractivity contribution in [3.63, 3.8) is 0 Å². The highest BCUT2D eigenvalue weighted by Gasteiger charge is 2.25. The number of hydrogen-bond donors (Lipinski definition) is 0. The molecule has 1 aliphatic heterocycles. The molecule has 5 heteroatoms. The average molecular weight is 324 g/mol. The lowest BCUT2D eigenvalue weighted by molar-refractivity contribution is -0.125. The number of rotatable bonds is 0. The molecule has 0 amide bonds. The monoisotopic (exact) mass is 324 g/mol. The maximum absolute atomic E-state index is 12.4. The number of ether oxygens (including phenoxy) is 2. The van der Waals surface area contributed by atoms with E-state index >= 15 is 0 Å². The Morgan fingerprint density at radius 3 is 1.54 bits per heavy atom. The van der Waals surface area contributed by atoms with Crippen molar-refractivity contribution in [2.24, 2.45) is 0 Å². The van der Waals surface area contributed by atoms with Crippen LogP contribution < -0.4 is 0 Å². The number of benzene rings is 2. The molecule has 0 atom stereocenters. The predicted octanol–water partition coefficient (Wildman–Crippen LogP) is 2.87. The minimum absolute atomic E-state index is 0.327. The third-order valence-corrected chi connectivity index (χ3v) is 3.96. The van der Waals surface area contributed by atoms with Crippen LogP contribution in [-0.2, 0) is 14.3 Å². The number of aryl methyl sites for hydroxylation is 2. The standard InChI is InChI=1S/C19H16O5/c1-11-5-3-7-14-16(11)17-12(2)6-4-8-15(17)19(22)24-10-13(20)9-23-18(14)21/h3-8H,9-10H2,1-2H3. The molecule has 0 N–H and O–H groups in total. The number of hydrogen-bond acceptors (Lipinski definition) is 5. The number of fused-ring (bicyclic) bond motifs is 3. The Hall–Kier alpha value is -2.95. The minimum atomic E-state index is -0.592. The Morgan fingerprint density at radius 1 is 0.708 bits per heavy atom. The molecular weight excluding hydrogens is 308 g/mol. The van der Waals surface area contributed by atoms with E-state index in [9.17, 15) is 14.4 Å². The fraction of sp³-hybridized carbons (Fsp3) is 0.211. The van der Waals surface area contributed by atoms with E-state index in [1.807, 2.05) is 26.0 Å². The summed E-state index contributed by atoms with van der Waals surface area (Å²) in [5.74, 6) is -1.65. The van der Waals surface area contributed by atoms with Crippen molar-refractivity contribution in [3.05, 3.63) is 58.7 Å². The second-order valence-corrected chi connectivity index (χ2v) is 5.69. The molecule has 0 fully saturated rings. The van der Waals surface area contributed by atoms with Gasteiger partial charge in [0.2, 0.25) is 5.78 Å². The summed E-state index contributed by atoms with van der Waals surface area (Å²) in [4.78, 5) is 36.6. The van der Waals surface area contributed by atoms with E-state index in [1.54, 1.807) is 24.3 Å². The van der Waals surface area contributed by atoms with Gasteiger partial charge in [-0.25, -0.2) is 9.59 Å². The smallest absolute Gasteiger partial charge is 0.339 e. The first-order chi connectivity index (χ1) is 11.5. The van der Waals surface area contributed by atoms with Crippen LogP contribution >= 0.6 is 0 Å². The molecular formula is C19H16O5. The van der Waals surface area contributed by atoms with Gasteiger partial charge in [-0.05, 0) is 37.1 Å². The number of carbonyl (C=O) groups is 3. The zero-order chi connectivity index (χ0) is 17.3. The van der Waals surface area contributed by atoms with Gasteiger partial charge < -0.3 is 9.47 Å². The molecule has 3 rings (SSSR count). The summed E-state index contributed by atoms with van der Waals surface area (Å²) >= 11 is 0. The van der Waals surface area contributed by atoms with E-state index in [2.05, 4.69) is 0 Å². The highest BCUT2D eigenvalue weighted by atomic mass is 16.6. The number of Topliss-reactive ketones (excluding diaryl/α,β-unsaturated/α-hetero) is 1. The topological polar surface area (TPSA) is 69.7 Å². The maximum atomic E-state index is 12.4. The van der Waals surface area contributed by atoms with E-state index < -0.39 is 30.9 Å². The molecule has 0 saturated carbocycles. The fourth-order valence-corrected chi connectivity index (χ4v) is 2.83. The van der Waals surface area contributed by atoms with E-state index in [0.29, 0.717) is 22.3 Å². The molecule has 0 radical (unpaired) electrons. The maximum Gasteiger partial charge on any atom is 0.339 e. The molecule has 0 aliphatic carbocycles. The second-order valence-electron chi connectivity index (χ2n) is 5.69. The van der Waals surface area contributed by atoms with Gasteiger partial charge >= 0.3 is 11.9 Å². The fourth-order valence-electron chi connectivity index (χ4n) is 2.83. The lowest BCUT2D eigenvalue weighted by Crippen LogP contribution is -2.20. The molecule has 1 aliphatic rings. The van der Waals surface area contributed by atoms with Crippen LogP contribution in [0.1, 0.15) is 31.8 Å². The molecule has 0 spiro atoms. The number of carbonyl (C=O) groups excluding carboxylic acids is 3. The molecule has 0 aromatic heterocycles. The van der Waals surface area contributed by atoms with E-state index in [1.165, 1.54) is 0 Å². The summed E-state index contributed by atoms with van der Waals surface area (Å²) in [5, 5.41) is 0. The molecule has 0 saturated heterocycles. The molecule has 0 bridgehead atoms. The SMILES string of the molecule is Cc1cccc2c1-c1c(C)cccc1C(=O)OCC(=O)COC2=O. The summed E-state index contributed by atoms with van der Waals surface area (Å²) in [6, 6.07) is 10.5. The summed E-state index contributed by atoms with van der Waals surface area (Å²) in [6.07, 6.45) is 0. The summed E-state index contributed by atoms with van der Waals surface area (Å²) < 4.78 is 10.2. The zero-order valence-electron chi connectivity index (χ0n) is 13.4. The van der Waals surface area contributed by atoms with Crippen molar-refractivity contribution in [1.29, 1.82) is 0 Å². The number of ketones is 1. The summed E-state index contributed by atoms with van der Waals surface area (Å²) in [5.41, 5.74) is 3.57. The van der Waals surface area contributed by atoms with Crippen LogP contribution in [0.2, 0.25) is 0 Å².